The number of benzene rings is 2. The van der Waals surface area contributed by atoms with Crippen molar-refractivity contribution in [1.82, 2.24) is 14.9 Å². The van der Waals surface area contributed by atoms with Gasteiger partial charge in [-0.05, 0) is 49.0 Å². The Hall–Kier alpha value is -3.50. The zero-order valence-corrected chi connectivity index (χ0v) is 21.8. The Morgan fingerprint density at radius 3 is 2.59 bits per heavy atom. The number of nitrogens with zero attached hydrogens (tertiary/aromatic N) is 3. The zero-order chi connectivity index (χ0) is 27.1. The molecule has 0 bridgehead atoms. The Labute approximate surface area is 228 Å². The topological polar surface area (TPSA) is 85.8 Å². The molecule has 6 rings (SSSR count). The maximum Gasteiger partial charge on any atom is 0.245 e. The summed E-state index contributed by atoms with van der Waals surface area (Å²) in [5, 5.41) is 2.88. The minimum Gasteiger partial charge on any atom is -0.486 e. The summed E-state index contributed by atoms with van der Waals surface area (Å²) < 4.78 is 46.6. The van der Waals surface area contributed by atoms with Gasteiger partial charge in [-0.1, -0.05) is 18.2 Å². The van der Waals surface area contributed by atoms with Crippen molar-refractivity contribution in [1.29, 1.82) is 0 Å². The van der Waals surface area contributed by atoms with Crippen LogP contribution in [0.15, 0.2) is 43.2 Å². The number of hydrogen-bond acceptors (Lipinski definition) is 7. The molecule has 3 aromatic rings. The molecule has 204 valence electrons. The molecule has 0 radical (unpaired) electrons. The van der Waals surface area contributed by atoms with Crippen molar-refractivity contribution >= 4 is 39.9 Å². The number of anilines is 2. The van der Waals surface area contributed by atoms with Crippen molar-refractivity contribution < 1.29 is 27.8 Å². The molecule has 3 aliphatic rings. The van der Waals surface area contributed by atoms with Crippen molar-refractivity contribution in [2.45, 2.75) is 31.5 Å². The maximum atomic E-state index is 14.6. The van der Waals surface area contributed by atoms with E-state index < -0.39 is 16.7 Å². The van der Waals surface area contributed by atoms with Crippen molar-refractivity contribution in [2.24, 2.45) is 11.8 Å². The second-order valence-corrected chi connectivity index (χ2v) is 10.5. The van der Waals surface area contributed by atoms with Gasteiger partial charge in [0.1, 0.15) is 29.1 Å². The van der Waals surface area contributed by atoms with Gasteiger partial charge in [-0.3, -0.25) is 4.79 Å². The molecule has 1 aromatic heterocycles. The lowest BCUT2D eigenvalue weighted by Crippen LogP contribution is -2.29. The first-order valence-corrected chi connectivity index (χ1v) is 13.3. The highest BCUT2D eigenvalue weighted by Crippen LogP contribution is 2.43. The van der Waals surface area contributed by atoms with Crippen LogP contribution < -0.4 is 14.8 Å². The molecule has 1 aliphatic carbocycles. The Balaban J connectivity index is 1.30. The summed E-state index contributed by atoms with van der Waals surface area (Å²) >= 11 is 5.77. The third-order valence-corrected chi connectivity index (χ3v) is 8.00. The Morgan fingerprint density at radius 1 is 1.13 bits per heavy atom. The molecule has 2 aromatic carbocycles. The fourth-order valence-electron chi connectivity index (χ4n) is 5.71. The van der Waals surface area contributed by atoms with Gasteiger partial charge < -0.3 is 24.4 Å². The minimum absolute atomic E-state index is 0.0189. The predicted molar refractivity (Wildman–Crippen MR) is 141 cm³/mol. The van der Waals surface area contributed by atoms with Crippen LogP contribution in [0.4, 0.5) is 20.3 Å². The average Bonchev–Trinajstić information content (AvgIpc) is 3.66. The number of halogens is 3. The second-order valence-electron chi connectivity index (χ2n) is 10.2. The van der Waals surface area contributed by atoms with Crippen molar-refractivity contribution in [3.05, 3.63) is 59.9 Å². The lowest BCUT2D eigenvalue weighted by Gasteiger charge is -2.22. The molecule has 1 saturated carbocycles. The molecule has 3 fully saturated rings. The number of aromatic nitrogens is 2. The summed E-state index contributed by atoms with van der Waals surface area (Å²) in [5.74, 6) is 0.292. The summed E-state index contributed by atoms with van der Waals surface area (Å²) in [6.45, 7) is 6.10. The Bertz CT molecular complexity index is 1420. The second kappa shape index (κ2) is 10.6. The number of likely N-dealkylation sites (tertiary alicyclic amines) is 1. The monoisotopic (exact) mass is 556 g/mol. The number of carbonyl (C=O) groups is 1. The molecule has 2 saturated heterocycles. The third kappa shape index (κ3) is 5.10. The fourth-order valence-corrected chi connectivity index (χ4v) is 5.88. The van der Waals surface area contributed by atoms with Gasteiger partial charge in [0.15, 0.2) is 17.3 Å². The number of nitrogens with one attached hydrogen (secondary N) is 1. The molecule has 8 nitrogen and oxygen atoms in total. The van der Waals surface area contributed by atoms with Crippen LogP contribution in [0, 0.1) is 23.5 Å². The first kappa shape index (κ1) is 25.8. The largest absolute Gasteiger partial charge is 0.486 e. The predicted octanol–water partition coefficient (Wildman–Crippen LogP) is 5.27. The third-order valence-electron chi connectivity index (χ3n) is 7.66. The van der Waals surface area contributed by atoms with Gasteiger partial charge in [0, 0.05) is 31.0 Å². The first-order valence-electron chi connectivity index (χ1n) is 12.9. The van der Waals surface area contributed by atoms with E-state index in [-0.39, 0.29) is 23.8 Å². The van der Waals surface area contributed by atoms with Gasteiger partial charge in [0.05, 0.1) is 30.5 Å². The quantitative estimate of drug-likeness (QED) is 0.313. The zero-order valence-electron chi connectivity index (χ0n) is 21.0. The van der Waals surface area contributed by atoms with E-state index in [1.165, 1.54) is 18.5 Å². The summed E-state index contributed by atoms with van der Waals surface area (Å²) in [6, 6.07) is 5.91. The smallest absolute Gasteiger partial charge is 0.245 e. The highest BCUT2D eigenvalue weighted by atomic mass is 35.5. The number of carbonyl (C=O) groups excluding carboxylic acids is 1. The molecule has 2 aliphatic heterocycles. The summed E-state index contributed by atoms with van der Waals surface area (Å²) in [7, 11) is 0. The number of fused-ring (bicyclic) bond motifs is 2. The summed E-state index contributed by atoms with van der Waals surface area (Å²) in [5.41, 5.74) is 0.541. The van der Waals surface area contributed by atoms with E-state index in [0.29, 0.717) is 66.4 Å². The van der Waals surface area contributed by atoms with Gasteiger partial charge in [0.2, 0.25) is 5.91 Å². The number of hydrogen-bond donors (Lipinski definition) is 1. The Kier molecular flexibility index (Phi) is 6.99. The van der Waals surface area contributed by atoms with Crippen LogP contribution in [0.1, 0.15) is 19.3 Å². The van der Waals surface area contributed by atoms with E-state index in [1.54, 1.807) is 12.1 Å². The lowest BCUT2D eigenvalue weighted by atomic mass is 10.0. The van der Waals surface area contributed by atoms with Gasteiger partial charge >= 0.3 is 0 Å². The van der Waals surface area contributed by atoms with Gasteiger partial charge in [0.25, 0.3) is 0 Å². The SMILES string of the molecule is C=CC(=O)N1C[C@H]2CC(Oc3cc4c(Nc5ccc(F)c(Cl)c5F)ncnc4cc3OC3CCOC3)C[C@H]2C1. The number of amides is 1. The molecule has 39 heavy (non-hydrogen) atoms. The molecule has 2 unspecified atom stereocenters. The van der Waals surface area contributed by atoms with Crippen LogP contribution >= 0.6 is 11.6 Å². The van der Waals surface area contributed by atoms with Crippen LogP contribution in [0.2, 0.25) is 5.02 Å². The average molecular weight is 557 g/mol. The van der Waals surface area contributed by atoms with Crippen LogP contribution in [0.5, 0.6) is 11.5 Å². The molecular formula is C28H27ClF2N4O4. The fraction of sp³-hybridized carbons (Fsp3) is 0.393. The van der Waals surface area contributed by atoms with E-state index in [2.05, 4.69) is 21.9 Å². The molecule has 0 spiro atoms. The normalized spacial score (nSPS) is 24.1. The van der Waals surface area contributed by atoms with E-state index in [4.69, 9.17) is 25.8 Å². The highest BCUT2D eigenvalue weighted by molar-refractivity contribution is 6.31. The molecular weight excluding hydrogens is 530 g/mol. The molecule has 11 heteroatoms. The molecule has 4 atom stereocenters. The first-order chi connectivity index (χ1) is 18.9. The minimum atomic E-state index is -0.914. The lowest BCUT2D eigenvalue weighted by molar-refractivity contribution is -0.125. The van der Waals surface area contributed by atoms with E-state index >= 15 is 0 Å². The van der Waals surface area contributed by atoms with Crippen molar-refractivity contribution in [2.75, 3.05) is 31.6 Å². The van der Waals surface area contributed by atoms with Gasteiger partial charge in [-0.25, -0.2) is 18.7 Å². The van der Waals surface area contributed by atoms with Crippen molar-refractivity contribution in [3.8, 4) is 11.5 Å². The number of ether oxygens (including phenoxy) is 3. The van der Waals surface area contributed by atoms with Gasteiger partial charge in [-0.15, -0.1) is 0 Å². The Morgan fingerprint density at radius 2 is 1.87 bits per heavy atom. The van der Waals surface area contributed by atoms with Crippen LogP contribution in [0.25, 0.3) is 10.9 Å². The molecule has 1 N–H and O–H groups in total. The van der Waals surface area contributed by atoms with Crippen molar-refractivity contribution in [3.63, 3.8) is 0 Å². The highest BCUT2D eigenvalue weighted by Gasteiger charge is 2.43. The van der Waals surface area contributed by atoms with E-state index in [1.807, 2.05) is 4.90 Å². The maximum absolute atomic E-state index is 14.6. The summed E-state index contributed by atoms with van der Waals surface area (Å²) in [4.78, 5) is 22.6. The molecule has 3 heterocycles. The summed E-state index contributed by atoms with van der Waals surface area (Å²) in [6.07, 6.45) is 4.93. The van der Waals surface area contributed by atoms with Gasteiger partial charge in [-0.2, -0.15) is 0 Å². The van der Waals surface area contributed by atoms with E-state index in [0.717, 1.165) is 25.3 Å². The number of rotatable bonds is 7. The molecule has 1 amide bonds. The van der Waals surface area contributed by atoms with E-state index in [9.17, 15) is 13.6 Å². The van der Waals surface area contributed by atoms with Crippen LogP contribution in [-0.4, -0.2) is 59.3 Å². The standard InChI is InChI=1S/C28H27ClF2N4O4/c1-2-25(36)35-11-15-7-18(8-16(15)12-35)39-23-9-19-22(10-24(23)38-17-5-6-37-13-17)32-14-33-28(19)34-21-4-3-20(30)26(29)27(21)31/h2-4,9-10,14-18H,1,5-8,11-13H2,(H,32,33,34)/t15-,16+,17?,18?. The van der Waals surface area contributed by atoms with Crippen LogP contribution in [0.3, 0.4) is 0 Å². The van der Waals surface area contributed by atoms with Crippen LogP contribution in [-0.2, 0) is 9.53 Å².